The van der Waals surface area contributed by atoms with E-state index in [0.29, 0.717) is 13.0 Å². The Morgan fingerprint density at radius 3 is 2.35 bits per heavy atom. The van der Waals surface area contributed by atoms with Gasteiger partial charge in [0.15, 0.2) is 8.32 Å². The van der Waals surface area contributed by atoms with E-state index in [9.17, 15) is 4.79 Å². The number of aliphatic carboxylic acids is 1. The maximum atomic E-state index is 10.5. The Morgan fingerprint density at radius 1 is 1.30 bits per heavy atom. The van der Waals surface area contributed by atoms with Gasteiger partial charge in [-0.15, -0.1) is 0 Å². The lowest BCUT2D eigenvalue weighted by Crippen LogP contribution is -2.40. The number of nitrogens with one attached hydrogen (secondary N) is 1. The maximum Gasteiger partial charge on any atom is 0.303 e. The zero-order valence-electron chi connectivity index (χ0n) is 14.8. The van der Waals surface area contributed by atoms with Crippen LogP contribution in [0.2, 0.25) is 18.1 Å². The number of hydrogen-bond donors (Lipinski definition) is 3. The van der Waals surface area contributed by atoms with E-state index in [2.05, 4.69) is 39.2 Å². The van der Waals surface area contributed by atoms with Crippen molar-refractivity contribution in [2.45, 2.75) is 64.5 Å². The fourth-order valence-electron chi connectivity index (χ4n) is 1.74. The molecule has 0 saturated carbocycles. The van der Waals surface area contributed by atoms with Crippen molar-refractivity contribution < 1.29 is 14.3 Å². The molecule has 0 bridgehead atoms. The number of anilines is 1. The molecule has 0 aliphatic rings. The number of benzene rings is 1. The van der Waals surface area contributed by atoms with Gasteiger partial charge in [-0.3, -0.25) is 4.79 Å². The van der Waals surface area contributed by atoms with Gasteiger partial charge in [0.05, 0.1) is 12.8 Å². The molecule has 1 aromatic carbocycles. The van der Waals surface area contributed by atoms with Gasteiger partial charge in [-0.05, 0) is 42.2 Å². The lowest BCUT2D eigenvalue weighted by molar-refractivity contribution is -0.137. The number of carboxylic acids is 1. The van der Waals surface area contributed by atoms with Gasteiger partial charge >= 0.3 is 5.97 Å². The van der Waals surface area contributed by atoms with Crippen molar-refractivity contribution in [1.82, 2.24) is 0 Å². The number of carbonyl (C=O) groups is 1. The van der Waals surface area contributed by atoms with Crippen LogP contribution in [0.1, 0.15) is 39.2 Å². The minimum absolute atomic E-state index is 0.0621. The van der Waals surface area contributed by atoms with Crippen LogP contribution in [0, 0.1) is 0 Å². The first-order valence-electron chi connectivity index (χ1n) is 7.98. The highest BCUT2D eigenvalue weighted by molar-refractivity contribution is 6.74. The van der Waals surface area contributed by atoms with Crippen molar-refractivity contribution >= 4 is 20.0 Å². The smallest absolute Gasteiger partial charge is 0.303 e. The largest absolute Gasteiger partial charge is 0.481 e. The SMILES string of the molecule is CC(C)(C)[Si](C)(C)OCc1ccc(NC(N)CCC(=O)O)cc1. The molecule has 0 aliphatic carbocycles. The fourth-order valence-corrected chi connectivity index (χ4v) is 2.70. The second-order valence-corrected chi connectivity index (χ2v) is 12.2. The molecule has 5 nitrogen and oxygen atoms in total. The Kier molecular flexibility index (Phi) is 6.79. The molecule has 0 fully saturated rings. The Labute approximate surface area is 140 Å². The standard InChI is InChI=1S/C17H30N2O3Si/c1-17(2,3)23(4,5)22-12-13-6-8-14(9-7-13)19-15(18)10-11-16(20)21/h6-9,15,19H,10-12,18H2,1-5H3,(H,20,21). The van der Waals surface area contributed by atoms with E-state index in [4.69, 9.17) is 15.3 Å². The maximum absolute atomic E-state index is 10.5. The summed E-state index contributed by atoms with van der Waals surface area (Å²) in [6.45, 7) is 11.8. The van der Waals surface area contributed by atoms with Gasteiger partial charge in [-0.1, -0.05) is 32.9 Å². The predicted molar refractivity (Wildman–Crippen MR) is 96.9 cm³/mol. The molecule has 0 radical (unpaired) electrons. The molecular formula is C17H30N2O3Si. The van der Waals surface area contributed by atoms with Crippen LogP contribution in [-0.2, 0) is 15.8 Å². The lowest BCUT2D eigenvalue weighted by Gasteiger charge is -2.36. The number of hydrogen-bond acceptors (Lipinski definition) is 4. The van der Waals surface area contributed by atoms with Gasteiger partial charge < -0.3 is 20.6 Å². The third-order valence-corrected chi connectivity index (χ3v) is 8.86. The first-order valence-corrected chi connectivity index (χ1v) is 10.9. The molecule has 23 heavy (non-hydrogen) atoms. The van der Waals surface area contributed by atoms with E-state index >= 15 is 0 Å². The lowest BCUT2D eigenvalue weighted by atomic mass is 10.2. The topological polar surface area (TPSA) is 84.6 Å². The van der Waals surface area contributed by atoms with Gasteiger partial charge in [-0.25, -0.2) is 0 Å². The van der Waals surface area contributed by atoms with Crippen LogP contribution in [0.3, 0.4) is 0 Å². The summed E-state index contributed by atoms with van der Waals surface area (Å²) in [7, 11) is -1.74. The molecule has 1 rings (SSSR count). The average molecular weight is 339 g/mol. The highest BCUT2D eigenvalue weighted by Crippen LogP contribution is 2.37. The summed E-state index contributed by atoms with van der Waals surface area (Å²) in [6, 6.07) is 7.93. The van der Waals surface area contributed by atoms with Crippen molar-refractivity contribution in [2.24, 2.45) is 5.73 Å². The molecular weight excluding hydrogens is 308 g/mol. The van der Waals surface area contributed by atoms with Crippen LogP contribution >= 0.6 is 0 Å². The monoisotopic (exact) mass is 338 g/mol. The minimum atomic E-state index is -1.74. The molecule has 0 heterocycles. The Morgan fingerprint density at radius 2 is 1.87 bits per heavy atom. The third kappa shape index (κ3) is 6.72. The highest BCUT2D eigenvalue weighted by atomic mass is 28.4. The molecule has 6 heteroatoms. The third-order valence-electron chi connectivity index (χ3n) is 4.38. The summed E-state index contributed by atoms with van der Waals surface area (Å²) in [4.78, 5) is 10.5. The first-order chi connectivity index (χ1) is 10.5. The van der Waals surface area contributed by atoms with E-state index in [0.717, 1.165) is 11.3 Å². The van der Waals surface area contributed by atoms with Crippen molar-refractivity contribution in [3.63, 3.8) is 0 Å². The summed E-state index contributed by atoms with van der Waals surface area (Å²) < 4.78 is 6.19. The van der Waals surface area contributed by atoms with E-state index in [1.54, 1.807) is 0 Å². The summed E-state index contributed by atoms with van der Waals surface area (Å²) in [5.74, 6) is -0.833. The van der Waals surface area contributed by atoms with Gasteiger partial charge in [0.1, 0.15) is 0 Å². The fraction of sp³-hybridized carbons (Fsp3) is 0.588. The molecule has 0 amide bonds. The Bertz CT molecular complexity index is 510. The number of nitrogens with two attached hydrogens (primary N) is 1. The van der Waals surface area contributed by atoms with Gasteiger partial charge in [0.2, 0.25) is 0 Å². The summed E-state index contributed by atoms with van der Waals surface area (Å²) in [6.07, 6.45) is 0.0958. The molecule has 0 saturated heterocycles. The molecule has 1 unspecified atom stereocenters. The number of rotatable bonds is 8. The van der Waals surface area contributed by atoms with E-state index < -0.39 is 14.3 Å². The van der Waals surface area contributed by atoms with Gasteiger partial charge in [0, 0.05) is 12.1 Å². The molecule has 0 aromatic heterocycles. The molecule has 1 aromatic rings. The van der Waals surface area contributed by atoms with E-state index in [1.165, 1.54) is 0 Å². The zero-order chi connectivity index (χ0) is 17.7. The minimum Gasteiger partial charge on any atom is -0.481 e. The molecule has 4 N–H and O–H groups in total. The van der Waals surface area contributed by atoms with Crippen LogP contribution in [0.5, 0.6) is 0 Å². The molecule has 0 aliphatic heterocycles. The van der Waals surface area contributed by atoms with E-state index in [1.807, 2.05) is 24.3 Å². The van der Waals surface area contributed by atoms with Crippen molar-refractivity contribution in [3.05, 3.63) is 29.8 Å². The average Bonchev–Trinajstić information content (AvgIpc) is 2.43. The second kappa shape index (κ2) is 7.94. The van der Waals surface area contributed by atoms with Crippen molar-refractivity contribution in [3.8, 4) is 0 Å². The van der Waals surface area contributed by atoms with Crippen LogP contribution in [0.15, 0.2) is 24.3 Å². The van der Waals surface area contributed by atoms with Crippen LogP contribution < -0.4 is 11.1 Å². The van der Waals surface area contributed by atoms with Gasteiger partial charge in [-0.2, -0.15) is 0 Å². The van der Waals surface area contributed by atoms with E-state index in [-0.39, 0.29) is 17.6 Å². The van der Waals surface area contributed by atoms with Crippen LogP contribution in [-0.4, -0.2) is 25.6 Å². The summed E-state index contributed by atoms with van der Waals surface area (Å²) >= 11 is 0. The molecule has 1 atom stereocenters. The molecule has 130 valence electrons. The summed E-state index contributed by atoms with van der Waals surface area (Å²) in [5.41, 5.74) is 7.87. The normalized spacial score (nSPS) is 13.7. The van der Waals surface area contributed by atoms with Crippen molar-refractivity contribution in [1.29, 1.82) is 0 Å². The van der Waals surface area contributed by atoms with Crippen LogP contribution in [0.25, 0.3) is 0 Å². The first kappa shape index (κ1) is 19.7. The summed E-state index contributed by atoms with van der Waals surface area (Å²) in [5, 5.41) is 12.0. The zero-order valence-corrected chi connectivity index (χ0v) is 15.8. The molecule has 0 spiro atoms. The van der Waals surface area contributed by atoms with Crippen LogP contribution in [0.4, 0.5) is 5.69 Å². The Balaban J connectivity index is 2.52. The second-order valence-electron chi connectivity index (χ2n) is 7.43. The van der Waals surface area contributed by atoms with Gasteiger partial charge in [0.25, 0.3) is 0 Å². The number of carboxylic acid groups (broad SMARTS) is 1. The Hall–Kier alpha value is -1.37. The predicted octanol–water partition coefficient (Wildman–Crippen LogP) is 3.77. The highest BCUT2D eigenvalue weighted by Gasteiger charge is 2.36. The quantitative estimate of drug-likeness (QED) is 0.496. The van der Waals surface area contributed by atoms with Crippen molar-refractivity contribution in [2.75, 3.05) is 5.32 Å².